The van der Waals surface area contributed by atoms with Gasteiger partial charge in [0, 0.05) is 32.7 Å². The van der Waals surface area contributed by atoms with Gasteiger partial charge in [-0.3, -0.25) is 0 Å². The molecule has 1 aromatic rings. The average molecular weight is 278 g/mol. The van der Waals surface area contributed by atoms with Gasteiger partial charge in [0.05, 0.1) is 13.2 Å². The van der Waals surface area contributed by atoms with Crippen LogP contribution in [0.5, 0.6) is 5.75 Å². The molecule has 0 saturated carbocycles. The third-order valence-corrected chi connectivity index (χ3v) is 4.09. The van der Waals surface area contributed by atoms with E-state index in [4.69, 9.17) is 4.74 Å². The second-order valence-corrected chi connectivity index (χ2v) is 5.70. The predicted octanol–water partition coefficient (Wildman–Crippen LogP) is 1.58. The summed E-state index contributed by atoms with van der Waals surface area (Å²) in [6, 6.07) is 5.88. The Bertz CT molecular complexity index is 430. The Hall–Kier alpha value is -1.10. The van der Waals surface area contributed by atoms with Crippen molar-refractivity contribution in [2.24, 2.45) is 5.92 Å². The molecule has 4 heteroatoms. The highest BCUT2D eigenvalue weighted by Crippen LogP contribution is 2.28. The number of aliphatic hydroxyl groups excluding tert-OH is 1. The average Bonchev–Trinajstić information content (AvgIpc) is 2.47. The van der Waals surface area contributed by atoms with E-state index >= 15 is 0 Å². The van der Waals surface area contributed by atoms with Crippen molar-refractivity contribution < 1.29 is 9.84 Å². The van der Waals surface area contributed by atoms with E-state index in [9.17, 15) is 5.11 Å². The normalized spacial score (nSPS) is 19.6. The molecule has 0 spiro atoms. The molecule has 0 aliphatic carbocycles. The fourth-order valence-electron chi connectivity index (χ4n) is 2.81. The fourth-order valence-corrected chi connectivity index (χ4v) is 2.81. The molecule has 2 unspecified atom stereocenters. The maximum atomic E-state index is 10.6. The minimum atomic E-state index is -0.421. The Kier molecular flexibility index (Phi) is 5.40. The first kappa shape index (κ1) is 15.3. The molecule has 0 radical (unpaired) electrons. The Balaban J connectivity index is 2.00. The lowest BCUT2D eigenvalue weighted by Crippen LogP contribution is -2.45. The summed E-state index contributed by atoms with van der Waals surface area (Å²) < 4.78 is 5.21. The molecular formula is C16H26N2O2. The van der Waals surface area contributed by atoms with Gasteiger partial charge in [0.1, 0.15) is 5.75 Å². The van der Waals surface area contributed by atoms with Crippen molar-refractivity contribution in [2.45, 2.75) is 20.0 Å². The summed E-state index contributed by atoms with van der Waals surface area (Å²) in [6.07, 6.45) is -0.421. The maximum Gasteiger partial charge on any atom is 0.119 e. The first-order chi connectivity index (χ1) is 9.61. The Morgan fingerprint density at radius 1 is 1.35 bits per heavy atom. The van der Waals surface area contributed by atoms with Gasteiger partial charge in [-0.25, -0.2) is 0 Å². The molecule has 2 N–H and O–H groups in total. The van der Waals surface area contributed by atoms with Crippen LogP contribution in [-0.2, 0) is 0 Å². The molecule has 0 aromatic heterocycles. The summed E-state index contributed by atoms with van der Waals surface area (Å²) in [7, 11) is 1.66. The molecule has 1 aliphatic heterocycles. The van der Waals surface area contributed by atoms with Crippen LogP contribution in [0.3, 0.4) is 0 Å². The summed E-state index contributed by atoms with van der Waals surface area (Å²) in [5, 5.41) is 13.9. The summed E-state index contributed by atoms with van der Waals surface area (Å²) >= 11 is 0. The van der Waals surface area contributed by atoms with E-state index in [-0.39, 0.29) is 5.92 Å². The van der Waals surface area contributed by atoms with E-state index < -0.39 is 6.10 Å². The van der Waals surface area contributed by atoms with Crippen LogP contribution in [-0.4, -0.2) is 49.8 Å². The number of ether oxygens (including phenoxy) is 1. The zero-order valence-corrected chi connectivity index (χ0v) is 12.7. The van der Waals surface area contributed by atoms with Crippen LogP contribution < -0.4 is 10.1 Å². The maximum absolute atomic E-state index is 10.6. The van der Waals surface area contributed by atoms with Crippen molar-refractivity contribution in [2.75, 3.05) is 39.8 Å². The molecule has 4 nitrogen and oxygen atoms in total. The van der Waals surface area contributed by atoms with E-state index in [1.54, 1.807) is 7.11 Å². The monoisotopic (exact) mass is 278 g/mol. The van der Waals surface area contributed by atoms with Crippen LogP contribution in [0.2, 0.25) is 0 Å². The van der Waals surface area contributed by atoms with Crippen LogP contribution >= 0.6 is 0 Å². The van der Waals surface area contributed by atoms with Crippen LogP contribution in [0.4, 0.5) is 0 Å². The van der Waals surface area contributed by atoms with Gasteiger partial charge < -0.3 is 20.1 Å². The predicted molar refractivity (Wildman–Crippen MR) is 81.2 cm³/mol. The van der Waals surface area contributed by atoms with Crippen molar-refractivity contribution in [3.05, 3.63) is 29.3 Å². The van der Waals surface area contributed by atoms with E-state index in [0.717, 1.165) is 49.6 Å². The molecule has 2 atom stereocenters. The second kappa shape index (κ2) is 7.07. The lowest BCUT2D eigenvalue weighted by molar-refractivity contribution is 0.0837. The van der Waals surface area contributed by atoms with Crippen molar-refractivity contribution in [1.29, 1.82) is 0 Å². The van der Waals surface area contributed by atoms with Crippen molar-refractivity contribution in [1.82, 2.24) is 10.2 Å². The number of hydrogen-bond donors (Lipinski definition) is 2. The number of hydrogen-bond acceptors (Lipinski definition) is 4. The lowest BCUT2D eigenvalue weighted by Gasteiger charge is -2.31. The van der Waals surface area contributed by atoms with Crippen LogP contribution in [0.15, 0.2) is 18.2 Å². The summed E-state index contributed by atoms with van der Waals surface area (Å²) in [4.78, 5) is 2.42. The molecule has 2 rings (SSSR count). The molecule has 1 fully saturated rings. The minimum absolute atomic E-state index is 0.222. The van der Waals surface area contributed by atoms with Crippen molar-refractivity contribution >= 4 is 0 Å². The first-order valence-corrected chi connectivity index (χ1v) is 7.37. The number of rotatable bonds is 5. The number of piperazine rings is 1. The SMILES string of the molecule is COc1ccc(C(O)C(C)CN2CCNCC2)c(C)c1. The molecule has 0 bridgehead atoms. The standard InChI is InChI=1S/C16H26N2O2/c1-12-10-14(20-3)4-5-15(12)16(19)13(2)11-18-8-6-17-7-9-18/h4-5,10,13,16-17,19H,6-9,11H2,1-3H3. The quantitative estimate of drug-likeness (QED) is 0.858. The smallest absolute Gasteiger partial charge is 0.119 e. The topological polar surface area (TPSA) is 44.7 Å². The number of nitrogens with one attached hydrogen (secondary N) is 1. The number of methoxy groups -OCH3 is 1. The highest BCUT2D eigenvalue weighted by Gasteiger charge is 2.21. The molecule has 1 aliphatic rings. The van der Waals surface area contributed by atoms with E-state index in [1.165, 1.54) is 0 Å². The third-order valence-electron chi connectivity index (χ3n) is 4.09. The Labute approximate surface area is 121 Å². The van der Waals surface area contributed by atoms with Crippen molar-refractivity contribution in [3.63, 3.8) is 0 Å². The minimum Gasteiger partial charge on any atom is -0.497 e. The zero-order chi connectivity index (χ0) is 14.5. The summed E-state index contributed by atoms with van der Waals surface area (Å²) in [5.41, 5.74) is 2.09. The Morgan fingerprint density at radius 2 is 2.05 bits per heavy atom. The van der Waals surface area contributed by atoms with E-state index in [1.807, 2.05) is 25.1 Å². The number of benzene rings is 1. The molecule has 1 saturated heterocycles. The molecule has 1 heterocycles. The van der Waals surface area contributed by atoms with Gasteiger partial charge in [0.25, 0.3) is 0 Å². The molecule has 20 heavy (non-hydrogen) atoms. The van der Waals surface area contributed by atoms with Gasteiger partial charge in [-0.05, 0) is 36.1 Å². The van der Waals surface area contributed by atoms with Gasteiger partial charge in [-0.1, -0.05) is 13.0 Å². The largest absolute Gasteiger partial charge is 0.497 e. The summed E-state index contributed by atoms with van der Waals surface area (Å²) in [6.45, 7) is 9.31. The fraction of sp³-hybridized carbons (Fsp3) is 0.625. The Morgan fingerprint density at radius 3 is 2.65 bits per heavy atom. The molecule has 0 amide bonds. The van der Waals surface area contributed by atoms with Gasteiger partial charge in [0.2, 0.25) is 0 Å². The highest BCUT2D eigenvalue weighted by atomic mass is 16.5. The molecule has 1 aromatic carbocycles. The van der Waals surface area contributed by atoms with E-state index in [2.05, 4.69) is 17.1 Å². The van der Waals surface area contributed by atoms with Gasteiger partial charge in [-0.2, -0.15) is 0 Å². The van der Waals surface area contributed by atoms with Gasteiger partial charge in [-0.15, -0.1) is 0 Å². The lowest BCUT2D eigenvalue weighted by atomic mass is 9.93. The number of nitrogens with zero attached hydrogens (tertiary/aromatic N) is 1. The highest BCUT2D eigenvalue weighted by molar-refractivity contribution is 5.36. The number of aryl methyl sites for hydroxylation is 1. The molecule has 112 valence electrons. The zero-order valence-electron chi connectivity index (χ0n) is 12.7. The number of aliphatic hydroxyl groups is 1. The van der Waals surface area contributed by atoms with Crippen LogP contribution in [0.25, 0.3) is 0 Å². The van der Waals surface area contributed by atoms with Crippen LogP contribution in [0.1, 0.15) is 24.2 Å². The molecular weight excluding hydrogens is 252 g/mol. The van der Waals surface area contributed by atoms with Gasteiger partial charge in [0.15, 0.2) is 0 Å². The van der Waals surface area contributed by atoms with Gasteiger partial charge >= 0.3 is 0 Å². The van der Waals surface area contributed by atoms with Crippen molar-refractivity contribution in [3.8, 4) is 5.75 Å². The second-order valence-electron chi connectivity index (χ2n) is 5.70. The first-order valence-electron chi connectivity index (χ1n) is 7.37. The van der Waals surface area contributed by atoms with E-state index in [0.29, 0.717) is 0 Å². The third kappa shape index (κ3) is 3.72. The van der Waals surface area contributed by atoms with Crippen LogP contribution in [0, 0.1) is 12.8 Å². The summed E-state index contributed by atoms with van der Waals surface area (Å²) in [5.74, 6) is 1.06.